The van der Waals surface area contributed by atoms with Crippen molar-refractivity contribution in [1.29, 1.82) is 0 Å². The molecule has 0 radical (unpaired) electrons. The Morgan fingerprint density at radius 3 is 1.92 bits per heavy atom. The first-order chi connectivity index (χ1) is 12.8. The van der Waals surface area contributed by atoms with Crippen LogP contribution in [0, 0.1) is 0 Å². The number of fused-ring (bicyclic) bond motifs is 3. The van der Waals surface area contributed by atoms with Crippen molar-refractivity contribution in [3.63, 3.8) is 0 Å². The fourth-order valence-electron chi connectivity index (χ4n) is 3.96. The monoisotopic (exact) mass is 333 g/mol. The zero-order valence-electron chi connectivity index (χ0n) is 14.4. The van der Waals surface area contributed by atoms with E-state index in [9.17, 15) is 0 Å². The average Bonchev–Trinajstić information content (AvgIpc) is 3.09. The van der Waals surface area contributed by atoms with Gasteiger partial charge in [-0.05, 0) is 38.9 Å². The molecule has 0 bridgehead atoms. The maximum absolute atomic E-state index is 6.60. The van der Waals surface area contributed by atoms with E-state index in [2.05, 4.69) is 84.9 Å². The minimum Gasteiger partial charge on any atom is -0.398 e. The number of nitrogen functional groups attached to an aromatic ring is 1. The summed E-state index contributed by atoms with van der Waals surface area (Å²) in [5, 5.41) is 0. The molecule has 0 heterocycles. The molecule has 0 atom stereocenters. The second kappa shape index (κ2) is 5.89. The van der Waals surface area contributed by atoms with Gasteiger partial charge in [-0.25, -0.2) is 0 Å². The second-order valence-corrected chi connectivity index (χ2v) is 6.83. The fraction of sp³-hybridized carbons (Fsp3) is 0.0400. The lowest BCUT2D eigenvalue weighted by Crippen LogP contribution is -1.96. The molecule has 0 spiro atoms. The number of anilines is 1. The molecule has 26 heavy (non-hydrogen) atoms. The van der Waals surface area contributed by atoms with Crippen molar-refractivity contribution in [2.24, 2.45) is 0 Å². The Kier molecular flexibility index (Phi) is 3.39. The number of rotatable bonds is 2. The van der Waals surface area contributed by atoms with Crippen molar-refractivity contribution in [2.75, 3.05) is 5.73 Å². The molecule has 0 unspecified atom stereocenters. The summed E-state index contributed by atoms with van der Waals surface area (Å²) in [6.07, 6.45) is 0.924. The molecule has 0 aromatic heterocycles. The largest absolute Gasteiger partial charge is 0.398 e. The van der Waals surface area contributed by atoms with Crippen LogP contribution in [-0.4, -0.2) is 0 Å². The van der Waals surface area contributed by atoms with E-state index in [4.69, 9.17) is 5.73 Å². The Morgan fingerprint density at radius 1 is 0.500 bits per heavy atom. The highest BCUT2D eigenvalue weighted by atomic mass is 14.6. The SMILES string of the molecule is Nc1c(-c2ccc(-c3ccccc3)cc2)ccc2c1Cc1ccccc1-2. The molecule has 1 heteroatoms. The summed E-state index contributed by atoms with van der Waals surface area (Å²) < 4.78 is 0. The van der Waals surface area contributed by atoms with Gasteiger partial charge < -0.3 is 5.73 Å². The molecular weight excluding hydrogens is 314 g/mol. The molecule has 5 rings (SSSR count). The van der Waals surface area contributed by atoms with Crippen LogP contribution < -0.4 is 5.73 Å². The minimum atomic E-state index is 0.908. The van der Waals surface area contributed by atoms with E-state index >= 15 is 0 Å². The number of nitrogens with two attached hydrogens (primary N) is 1. The second-order valence-electron chi connectivity index (χ2n) is 6.83. The summed E-state index contributed by atoms with van der Waals surface area (Å²) in [6, 6.07) is 32.1. The van der Waals surface area contributed by atoms with Crippen LogP contribution in [0.4, 0.5) is 5.69 Å². The van der Waals surface area contributed by atoms with Gasteiger partial charge in [0.1, 0.15) is 0 Å². The van der Waals surface area contributed by atoms with Crippen molar-refractivity contribution in [1.82, 2.24) is 0 Å². The molecule has 2 N–H and O–H groups in total. The highest BCUT2D eigenvalue weighted by molar-refractivity contribution is 5.89. The smallest absolute Gasteiger partial charge is 0.0435 e. The summed E-state index contributed by atoms with van der Waals surface area (Å²) in [5.41, 5.74) is 17.5. The molecule has 0 aliphatic heterocycles. The first-order valence-electron chi connectivity index (χ1n) is 8.97. The van der Waals surface area contributed by atoms with Crippen molar-refractivity contribution < 1.29 is 0 Å². The van der Waals surface area contributed by atoms with Crippen molar-refractivity contribution in [2.45, 2.75) is 6.42 Å². The van der Waals surface area contributed by atoms with Crippen LogP contribution in [-0.2, 0) is 6.42 Å². The van der Waals surface area contributed by atoms with E-state index in [1.54, 1.807) is 0 Å². The molecular formula is C25H19N. The van der Waals surface area contributed by atoms with E-state index in [0.29, 0.717) is 0 Å². The molecule has 0 saturated carbocycles. The number of hydrogen-bond acceptors (Lipinski definition) is 1. The standard InChI is InChI=1S/C25H19N/c26-25-22(14-15-23-21-9-5-4-8-20(21)16-24(23)25)19-12-10-18(11-13-19)17-6-2-1-3-7-17/h1-15H,16,26H2. The van der Waals surface area contributed by atoms with Gasteiger partial charge in [-0.3, -0.25) is 0 Å². The van der Waals surface area contributed by atoms with Crippen molar-refractivity contribution in [3.8, 4) is 33.4 Å². The number of benzene rings is 4. The first kappa shape index (κ1) is 15.0. The lowest BCUT2D eigenvalue weighted by Gasteiger charge is -2.12. The van der Waals surface area contributed by atoms with Crippen LogP contribution in [0.25, 0.3) is 33.4 Å². The Morgan fingerprint density at radius 2 is 1.12 bits per heavy atom. The Labute approximate surface area is 153 Å². The zero-order chi connectivity index (χ0) is 17.5. The summed E-state index contributed by atoms with van der Waals surface area (Å²) >= 11 is 0. The minimum absolute atomic E-state index is 0.908. The summed E-state index contributed by atoms with van der Waals surface area (Å²) in [7, 11) is 0. The molecule has 124 valence electrons. The van der Waals surface area contributed by atoms with Crippen LogP contribution in [0.2, 0.25) is 0 Å². The molecule has 0 fully saturated rings. The van der Waals surface area contributed by atoms with Crippen LogP contribution in [0.3, 0.4) is 0 Å². The average molecular weight is 333 g/mol. The quantitative estimate of drug-likeness (QED) is 0.384. The molecule has 1 aliphatic carbocycles. The van der Waals surface area contributed by atoms with Crippen molar-refractivity contribution in [3.05, 3.63) is 102 Å². The van der Waals surface area contributed by atoms with E-state index in [-0.39, 0.29) is 0 Å². The van der Waals surface area contributed by atoms with E-state index in [1.165, 1.54) is 38.9 Å². The third-order valence-electron chi connectivity index (χ3n) is 5.33. The van der Waals surface area contributed by atoms with Crippen molar-refractivity contribution >= 4 is 5.69 Å². The lowest BCUT2D eigenvalue weighted by atomic mass is 9.95. The van der Waals surface area contributed by atoms with Crippen LogP contribution >= 0.6 is 0 Å². The lowest BCUT2D eigenvalue weighted by molar-refractivity contribution is 1.27. The highest BCUT2D eigenvalue weighted by Gasteiger charge is 2.21. The normalized spacial score (nSPS) is 11.8. The zero-order valence-corrected chi connectivity index (χ0v) is 14.4. The Bertz CT molecular complexity index is 1090. The highest BCUT2D eigenvalue weighted by Crippen LogP contribution is 2.43. The Balaban J connectivity index is 1.55. The van der Waals surface area contributed by atoms with Gasteiger partial charge in [-0.2, -0.15) is 0 Å². The van der Waals surface area contributed by atoms with Gasteiger partial charge in [0.05, 0.1) is 0 Å². The van der Waals surface area contributed by atoms with Crippen LogP contribution in [0.15, 0.2) is 91.0 Å². The van der Waals surface area contributed by atoms with Crippen LogP contribution in [0.5, 0.6) is 0 Å². The molecule has 4 aromatic rings. The van der Waals surface area contributed by atoms with Gasteiger partial charge in [0.2, 0.25) is 0 Å². The molecule has 1 nitrogen and oxygen atoms in total. The molecule has 0 amide bonds. The molecule has 1 aliphatic rings. The molecule has 4 aromatic carbocycles. The first-order valence-corrected chi connectivity index (χ1v) is 8.97. The summed E-state index contributed by atoms with van der Waals surface area (Å²) in [4.78, 5) is 0. The van der Waals surface area contributed by atoms with E-state index in [0.717, 1.165) is 17.7 Å². The van der Waals surface area contributed by atoms with Crippen LogP contribution in [0.1, 0.15) is 11.1 Å². The van der Waals surface area contributed by atoms with Gasteiger partial charge in [0.15, 0.2) is 0 Å². The number of hydrogen-bond donors (Lipinski definition) is 1. The van der Waals surface area contributed by atoms with Gasteiger partial charge >= 0.3 is 0 Å². The van der Waals surface area contributed by atoms with E-state index in [1.807, 2.05) is 6.07 Å². The maximum Gasteiger partial charge on any atom is 0.0435 e. The van der Waals surface area contributed by atoms with Gasteiger partial charge in [0.25, 0.3) is 0 Å². The third-order valence-corrected chi connectivity index (χ3v) is 5.33. The summed E-state index contributed by atoms with van der Waals surface area (Å²) in [5.74, 6) is 0. The fourth-order valence-corrected chi connectivity index (χ4v) is 3.96. The van der Waals surface area contributed by atoms with E-state index < -0.39 is 0 Å². The maximum atomic E-state index is 6.60. The summed E-state index contributed by atoms with van der Waals surface area (Å²) in [6.45, 7) is 0. The predicted octanol–water partition coefficient (Wildman–Crippen LogP) is 6.17. The Hall–Kier alpha value is -3.32. The molecule has 0 saturated heterocycles. The van der Waals surface area contributed by atoms with Gasteiger partial charge in [-0.1, -0.05) is 91.0 Å². The topological polar surface area (TPSA) is 26.0 Å². The van der Waals surface area contributed by atoms with Gasteiger partial charge in [-0.15, -0.1) is 0 Å². The van der Waals surface area contributed by atoms with Gasteiger partial charge in [0, 0.05) is 17.7 Å². The predicted molar refractivity (Wildman–Crippen MR) is 110 cm³/mol. The third kappa shape index (κ3) is 2.33.